The molecule has 1 aromatic heterocycles. The lowest BCUT2D eigenvalue weighted by Gasteiger charge is -2.21. The Kier molecular flexibility index (Phi) is 4.86. The predicted octanol–water partition coefficient (Wildman–Crippen LogP) is 3.99. The lowest BCUT2D eigenvalue weighted by atomic mass is 9.92. The van der Waals surface area contributed by atoms with Crippen molar-refractivity contribution in [2.75, 3.05) is 21.3 Å². The Bertz CT molecular complexity index is 1100. The Hall–Kier alpha value is -3.15. The summed E-state index contributed by atoms with van der Waals surface area (Å²) in [5.41, 5.74) is 5.36. The minimum absolute atomic E-state index is 0.0396. The van der Waals surface area contributed by atoms with Gasteiger partial charge in [0.25, 0.3) is 0 Å². The number of nitrogens with zero attached hydrogens (tertiary/aromatic N) is 1. The van der Waals surface area contributed by atoms with E-state index in [-0.39, 0.29) is 11.9 Å². The summed E-state index contributed by atoms with van der Waals surface area (Å²) >= 11 is 0. The molecular weight excluding hydrogens is 368 g/mol. The van der Waals surface area contributed by atoms with Crippen LogP contribution in [-0.2, 0) is 18.3 Å². The van der Waals surface area contributed by atoms with Crippen LogP contribution in [0.5, 0.6) is 17.2 Å². The van der Waals surface area contributed by atoms with Crippen molar-refractivity contribution in [2.45, 2.75) is 25.8 Å². The number of aromatic nitrogens is 1. The average molecular weight is 394 g/mol. The van der Waals surface area contributed by atoms with Gasteiger partial charge in [0.1, 0.15) is 0 Å². The predicted molar refractivity (Wildman–Crippen MR) is 113 cm³/mol. The molecule has 6 nitrogen and oxygen atoms in total. The first-order chi connectivity index (χ1) is 14.0. The highest BCUT2D eigenvalue weighted by atomic mass is 16.5. The standard InChI is InChI=1S/C23H26N2O4/c1-13(26)24-18-7-6-15-11-20(27-3)22(28-4)23(29-5)21(15)17-12-19-14(10-16(17)18)8-9-25(19)2/h8-12,18H,6-7H2,1-5H3,(H,24,26). The second-order valence-corrected chi connectivity index (χ2v) is 7.40. The monoisotopic (exact) mass is 394 g/mol. The zero-order valence-electron chi connectivity index (χ0n) is 17.5. The number of nitrogens with one attached hydrogen (secondary N) is 1. The Morgan fingerprint density at radius 3 is 2.52 bits per heavy atom. The van der Waals surface area contributed by atoms with E-state index in [0.29, 0.717) is 17.2 Å². The summed E-state index contributed by atoms with van der Waals surface area (Å²) in [6, 6.07) is 8.39. The van der Waals surface area contributed by atoms with E-state index in [1.807, 2.05) is 19.3 Å². The minimum Gasteiger partial charge on any atom is -0.493 e. The fourth-order valence-electron chi connectivity index (χ4n) is 4.39. The van der Waals surface area contributed by atoms with Crippen LogP contribution in [-0.4, -0.2) is 31.8 Å². The van der Waals surface area contributed by atoms with Gasteiger partial charge in [0.2, 0.25) is 11.7 Å². The third kappa shape index (κ3) is 3.09. The molecule has 2 aromatic carbocycles. The van der Waals surface area contributed by atoms with Crippen LogP contribution in [0.2, 0.25) is 0 Å². The molecule has 4 rings (SSSR count). The van der Waals surface area contributed by atoms with Crippen LogP contribution in [0.1, 0.15) is 30.5 Å². The molecular formula is C23H26N2O4. The molecule has 1 unspecified atom stereocenters. The Morgan fingerprint density at radius 1 is 1.10 bits per heavy atom. The van der Waals surface area contributed by atoms with Gasteiger partial charge >= 0.3 is 0 Å². The molecule has 0 aliphatic heterocycles. The first-order valence-corrected chi connectivity index (χ1v) is 9.66. The zero-order valence-corrected chi connectivity index (χ0v) is 17.5. The first-order valence-electron chi connectivity index (χ1n) is 9.66. The van der Waals surface area contributed by atoms with Crippen molar-refractivity contribution in [3.05, 3.63) is 41.6 Å². The smallest absolute Gasteiger partial charge is 0.217 e. The molecule has 0 saturated carbocycles. The Labute approximate surface area is 170 Å². The van der Waals surface area contributed by atoms with Crippen LogP contribution in [0, 0.1) is 0 Å². The Morgan fingerprint density at radius 2 is 1.86 bits per heavy atom. The third-order valence-corrected chi connectivity index (χ3v) is 5.69. The summed E-state index contributed by atoms with van der Waals surface area (Å²) in [7, 11) is 6.92. The van der Waals surface area contributed by atoms with E-state index in [4.69, 9.17) is 14.2 Å². The van der Waals surface area contributed by atoms with Gasteiger partial charge in [-0.2, -0.15) is 0 Å². The van der Waals surface area contributed by atoms with Crippen molar-refractivity contribution in [1.82, 2.24) is 9.88 Å². The van der Waals surface area contributed by atoms with Gasteiger partial charge in [-0.05, 0) is 59.2 Å². The lowest BCUT2D eigenvalue weighted by Crippen LogP contribution is -2.26. The third-order valence-electron chi connectivity index (χ3n) is 5.69. The molecule has 1 atom stereocenters. The quantitative estimate of drug-likeness (QED) is 0.727. The number of methoxy groups -OCH3 is 3. The topological polar surface area (TPSA) is 61.7 Å². The van der Waals surface area contributed by atoms with Crippen molar-refractivity contribution in [3.63, 3.8) is 0 Å². The lowest BCUT2D eigenvalue weighted by molar-refractivity contribution is -0.119. The highest BCUT2D eigenvalue weighted by Crippen LogP contribution is 2.51. The van der Waals surface area contributed by atoms with Gasteiger partial charge in [0.05, 0.1) is 27.4 Å². The highest BCUT2D eigenvalue weighted by Gasteiger charge is 2.29. The summed E-state index contributed by atoms with van der Waals surface area (Å²) in [5.74, 6) is 1.83. The van der Waals surface area contributed by atoms with Crippen LogP contribution in [0.15, 0.2) is 30.5 Å². The molecule has 0 spiro atoms. The van der Waals surface area contributed by atoms with E-state index in [0.717, 1.165) is 46.0 Å². The van der Waals surface area contributed by atoms with Crippen LogP contribution in [0.3, 0.4) is 0 Å². The van der Waals surface area contributed by atoms with E-state index < -0.39 is 0 Å². The second-order valence-electron chi connectivity index (χ2n) is 7.40. The van der Waals surface area contributed by atoms with Crippen LogP contribution in [0.25, 0.3) is 22.0 Å². The number of carbonyl (C=O) groups excluding carboxylic acids is 1. The summed E-state index contributed by atoms with van der Waals surface area (Å²) in [5, 5.41) is 4.27. The van der Waals surface area contributed by atoms with Crippen LogP contribution in [0.4, 0.5) is 0 Å². The van der Waals surface area contributed by atoms with Gasteiger partial charge in [-0.25, -0.2) is 0 Å². The van der Waals surface area contributed by atoms with E-state index in [1.54, 1.807) is 28.3 Å². The molecule has 29 heavy (non-hydrogen) atoms. The molecule has 1 amide bonds. The summed E-state index contributed by atoms with van der Waals surface area (Å²) in [6.07, 6.45) is 3.61. The largest absolute Gasteiger partial charge is 0.493 e. The molecule has 0 fully saturated rings. The first kappa shape index (κ1) is 19.2. The van der Waals surface area contributed by atoms with Gasteiger partial charge in [-0.1, -0.05) is 0 Å². The molecule has 0 saturated heterocycles. The number of fused-ring (bicyclic) bond motifs is 4. The maximum Gasteiger partial charge on any atom is 0.217 e. The highest BCUT2D eigenvalue weighted by molar-refractivity contribution is 5.92. The SMILES string of the molecule is COc1cc2c(c(OC)c1OC)-c1cc3c(ccn3C)cc1C(NC(C)=O)CC2. The molecule has 6 heteroatoms. The number of aryl methyl sites for hydroxylation is 2. The fraction of sp³-hybridized carbons (Fsp3) is 0.348. The van der Waals surface area contributed by atoms with Gasteiger partial charge < -0.3 is 24.1 Å². The molecule has 1 N–H and O–H groups in total. The summed E-state index contributed by atoms with van der Waals surface area (Å²) in [6.45, 7) is 1.56. The summed E-state index contributed by atoms with van der Waals surface area (Å²) < 4.78 is 19.1. The number of rotatable bonds is 4. The van der Waals surface area contributed by atoms with E-state index >= 15 is 0 Å². The molecule has 0 bridgehead atoms. The zero-order chi connectivity index (χ0) is 20.7. The van der Waals surface area contributed by atoms with Crippen molar-refractivity contribution < 1.29 is 19.0 Å². The second kappa shape index (κ2) is 7.35. The number of benzene rings is 2. The maximum absolute atomic E-state index is 11.9. The van der Waals surface area contributed by atoms with Gasteiger partial charge in [0.15, 0.2) is 11.5 Å². The normalized spacial score (nSPS) is 15.3. The van der Waals surface area contributed by atoms with E-state index in [9.17, 15) is 4.79 Å². The molecule has 152 valence electrons. The van der Waals surface area contributed by atoms with Gasteiger partial charge in [-0.15, -0.1) is 0 Å². The molecule has 1 heterocycles. The van der Waals surface area contributed by atoms with Crippen molar-refractivity contribution >= 4 is 16.8 Å². The van der Waals surface area contributed by atoms with Gasteiger partial charge in [-0.3, -0.25) is 4.79 Å². The number of amides is 1. The van der Waals surface area contributed by atoms with Crippen LogP contribution >= 0.6 is 0 Å². The number of ether oxygens (including phenoxy) is 3. The summed E-state index contributed by atoms with van der Waals surface area (Å²) in [4.78, 5) is 11.9. The fourth-order valence-corrected chi connectivity index (χ4v) is 4.39. The molecule has 3 aromatic rings. The van der Waals surface area contributed by atoms with Crippen molar-refractivity contribution in [2.24, 2.45) is 7.05 Å². The van der Waals surface area contributed by atoms with Crippen LogP contribution < -0.4 is 19.5 Å². The number of hydrogen-bond donors (Lipinski definition) is 1. The molecule has 1 aliphatic rings. The van der Waals surface area contributed by atoms with Crippen molar-refractivity contribution in [1.29, 1.82) is 0 Å². The van der Waals surface area contributed by atoms with E-state index in [1.165, 1.54) is 0 Å². The van der Waals surface area contributed by atoms with Gasteiger partial charge in [0, 0.05) is 31.2 Å². The van der Waals surface area contributed by atoms with E-state index in [2.05, 4.69) is 28.1 Å². The number of hydrogen-bond acceptors (Lipinski definition) is 4. The van der Waals surface area contributed by atoms with Crippen molar-refractivity contribution in [3.8, 4) is 28.4 Å². The maximum atomic E-state index is 11.9. The molecule has 1 aliphatic carbocycles. The number of carbonyl (C=O) groups is 1. The molecule has 0 radical (unpaired) electrons. The average Bonchev–Trinajstić information content (AvgIpc) is 3.00. The minimum atomic E-state index is -0.0822. The Balaban J connectivity index is 2.08.